The smallest absolute Gasteiger partial charge is 0.307 e. The molecule has 0 fully saturated rings. The molecule has 3 heterocycles. The Labute approximate surface area is 138 Å². The molecule has 0 saturated carbocycles. The Kier molecular flexibility index (Phi) is 4.49. The molecule has 1 aliphatic rings. The number of thiophene rings is 1. The first-order valence-corrected chi connectivity index (χ1v) is 9.38. The van der Waals surface area contributed by atoms with E-state index in [9.17, 15) is 9.59 Å². The van der Waals surface area contributed by atoms with Crippen molar-refractivity contribution in [3.05, 3.63) is 42.6 Å². The Bertz CT molecular complexity index is 729. The molecule has 2 aromatic heterocycles. The summed E-state index contributed by atoms with van der Waals surface area (Å²) in [7, 11) is 0. The van der Waals surface area contributed by atoms with Crippen molar-refractivity contribution in [2.75, 3.05) is 6.54 Å². The number of thiazole rings is 1. The number of aromatic nitrogens is 1. The molecule has 0 aliphatic carbocycles. The molecular formula is C16H20N2O2S2. The molecule has 2 aromatic rings. The minimum Gasteiger partial charge on any atom is -0.335 e. The summed E-state index contributed by atoms with van der Waals surface area (Å²) >= 11 is 2.99. The van der Waals surface area contributed by atoms with Gasteiger partial charge < -0.3 is 9.47 Å². The van der Waals surface area contributed by atoms with Crippen molar-refractivity contribution in [3.63, 3.8) is 0 Å². The zero-order chi connectivity index (χ0) is 15.7. The second-order valence-corrected chi connectivity index (χ2v) is 7.43. The lowest BCUT2D eigenvalue weighted by Crippen LogP contribution is -2.39. The molecule has 22 heavy (non-hydrogen) atoms. The zero-order valence-electron chi connectivity index (χ0n) is 12.9. The first kappa shape index (κ1) is 15.5. The van der Waals surface area contributed by atoms with E-state index in [1.807, 2.05) is 17.2 Å². The Morgan fingerprint density at radius 1 is 1.41 bits per heavy atom. The molecule has 0 radical (unpaired) electrons. The predicted molar refractivity (Wildman–Crippen MR) is 90.7 cm³/mol. The molecular weight excluding hydrogens is 316 g/mol. The van der Waals surface area contributed by atoms with Crippen LogP contribution in [0.15, 0.2) is 21.6 Å². The number of fused-ring (bicyclic) bond motifs is 1. The van der Waals surface area contributed by atoms with E-state index in [0.717, 1.165) is 25.1 Å². The number of carbonyl (C=O) groups excluding carboxylic acids is 1. The van der Waals surface area contributed by atoms with Gasteiger partial charge >= 0.3 is 4.87 Å². The van der Waals surface area contributed by atoms with E-state index in [1.165, 1.54) is 21.8 Å². The molecule has 3 rings (SSSR count). The summed E-state index contributed by atoms with van der Waals surface area (Å²) in [5, 5.41) is 3.97. The number of aryl methyl sites for hydroxylation is 1. The molecule has 0 aromatic carbocycles. The summed E-state index contributed by atoms with van der Waals surface area (Å²) < 4.78 is 1.70. The molecule has 0 spiro atoms. The van der Waals surface area contributed by atoms with Crippen LogP contribution in [0.5, 0.6) is 0 Å². The highest BCUT2D eigenvalue weighted by atomic mass is 32.1. The number of amides is 1. The summed E-state index contributed by atoms with van der Waals surface area (Å²) in [5.41, 5.74) is 2.25. The first-order valence-electron chi connectivity index (χ1n) is 7.62. The highest BCUT2D eigenvalue weighted by Gasteiger charge is 2.29. The Hall–Kier alpha value is -1.40. The van der Waals surface area contributed by atoms with Crippen molar-refractivity contribution in [2.45, 2.75) is 45.7 Å². The standard InChI is InChI=1S/C16H20N2O2S2/c1-3-13-12-6-9-21-14(12)4-7-18(13)15(19)5-8-17-11(2)10-22-16(17)20/h6,9-10,13H,3-5,7-8H2,1-2H3/t13-/m0/s1. The van der Waals surface area contributed by atoms with Crippen LogP contribution in [0.4, 0.5) is 0 Å². The van der Waals surface area contributed by atoms with Gasteiger partial charge in [0.1, 0.15) is 0 Å². The van der Waals surface area contributed by atoms with Crippen molar-refractivity contribution < 1.29 is 4.79 Å². The number of carbonyl (C=O) groups is 1. The maximum atomic E-state index is 12.6. The van der Waals surface area contributed by atoms with Crippen LogP contribution in [0.25, 0.3) is 0 Å². The van der Waals surface area contributed by atoms with Gasteiger partial charge in [-0.15, -0.1) is 11.3 Å². The molecule has 1 amide bonds. The monoisotopic (exact) mass is 336 g/mol. The van der Waals surface area contributed by atoms with Crippen LogP contribution in [0.1, 0.15) is 41.9 Å². The van der Waals surface area contributed by atoms with Crippen LogP contribution < -0.4 is 4.87 Å². The van der Waals surface area contributed by atoms with Gasteiger partial charge in [0, 0.05) is 35.5 Å². The van der Waals surface area contributed by atoms with E-state index in [-0.39, 0.29) is 16.8 Å². The topological polar surface area (TPSA) is 42.3 Å². The lowest BCUT2D eigenvalue weighted by atomic mass is 9.97. The number of rotatable bonds is 4. The van der Waals surface area contributed by atoms with Gasteiger partial charge in [-0.05, 0) is 36.8 Å². The molecule has 1 atom stereocenters. The molecule has 118 valence electrons. The third-order valence-corrected chi connectivity index (χ3v) is 6.21. The fourth-order valence-electron chi connectivity index (χ4n) is 3.16. The maximum Gasteiger partial charge on any atom is 0.307 e. The SMILES string of the molecule is CC[C@H]1c2ccsc2CCN1C(=O)CCn1c(C)csc1=O. The van der Waals surface area contributed by atoms with Gasteiger partial charge in [-0.3, -0.25) is 9.59 Å². The maximum absolute atomic E-state index is 12.6. The highest BCUT2D eigenvalue weighted by molar-refractivity contribution is 7.10. The molecule has 0 unspecified atom stereocenters. The van der Waals surface area contributed by atoms with Gasteiger partial charge in [0.25, 0.3) is 0 Å². The lowest BCUT2D eigenvalue weighted by Gasteiger charge is -2.35. The van der Waals surface area contributed by atoms with Crippen molar-refractivity contribution in [1.82, 2.24) is 9.47 Å². The average Bonchev–Trinajstić information content (AvgIpc) is 3.11. The van der Waals surface area contributed by atoms with Crippen LogP contribution >= 0.6 is 22.7 Å². The van der Waals surface area contributed by atoms with Gasteiger partial charge in [-0.2, -0.15) is 0 Å². The largest absolute Gasteiger partial charge is 0.335 e. The number of nitrogens with zero attached hydrogens (tertiary/aromatic N) is 2. The molecule has 4 nitrogen and oxygen atoms in total. The predicted octanol–water partition coefficient (Wildman–Crippen LogP) is 3.21. The van der Waals surface area contributed by atoms with E-state index in [0.29, 0.717) is 13.0 Å². The second kappa shape index (κ2) is 6.38. The van der Waals surface area contributed by atoms with Gasteiger partial charge in [0.15, 0.2) is 0 Å². The summed E-state index contributed by atoms with van der Waals surface area (Å²) in [5.74, 6) is 0.154. The summed E-state index contributed by atoms with van der Waals surface area (Å²) in [4.78, 5) is 27.8. The van der Waals surface area contributed by atoms with Gasteiger partial charge in [0.2, 0.25) is 5.91 Å². The highest BCUT2D eigenvalue weighted by Crippen LogP contribution is 2.35. The van der Waals surface area contributed by atoms with E-state index in [4.69, 9.17) is 0 Å². The van der Waals surface area contributed by atoms with Crippen molar-refractivity contribution >= 4 is 28.6 Å². The molecule has 0 saturated heterocycles. The number of hydrogen-bond donors (Lipinski definition) is 0. The molecule has 0 N–H and O–H groups in total. The minimum absolute atomic E-state index is 0.0242. The number of hydrogen-bond acceptors (Lipinski definition) is 4. The van der Waals surface area contributed by atoms with Crippen molar-refractivity contribution in [1.29, 1.82) is 0 Å². The average molecular weight is 336 g/mol. The fourth-order valence-corrected chi connectivity index (χ4v) is 4.85. The van der Waals surface area contributed by atoms with Crippen LogP contribution in [-0.4, -0.2) is 21.9 Å². The van der Waals surface area contributed by atoms with E-state index in [2.05, 4.69) is 18.4 Å². The van der Waals surface area contributed by atoms with Crippen LogP contribution in [0.3, 0.4) is 0 Å². The van der Waals surface area contributed by atoms with Crippen LogP contribution in [0.2, 0.25) is 0 Å². The quantitative estimate of drug-likeness (QED) is 0.860. The summed E-state index contributed by atoms with van der Waals surface area (Å²) in [6.07, 6.45) is 2.28. The van der Waals surface area contributed by atoms with E-state index in [1.54, 1.807) is 15.9 Å². The first-order chi connectivity index (χ1) is 10.6. The Morgan fingerprint density at radius 2 is 2.23 bits per heavy atom. The van der Waals surface area contributed by atoms with Crippen molar-refractivity contribution in [3.8, 4) is 0 Å². The Balaban J connectivity index is 1.71. The van der Waals surface area contributed by atoms with Gasteiger partial charge in [0.05, 0.1) is 6.04 Å². The lowest BCUT2D eigenvalue weighted by molar-refractivity contribution is -0.134. The molecule has 0 bridgehead atoms. The van der Waals surface area contributed by atoms with Crippen LogP contribution in [0, 0.1) is 6.92 Å². The van der Waals surface area contributed by atoms with E-state index >= 15 is 0 Å². The van der Waals surface area contributed by atoms with Crippen LogP contribution in [-0.2, 0) is 17.8 Å². The van der Waals surface area contributed by atoms with E-state index < -0.39 is 0 Å². The van der Waals surface area contributed by atoms with Gasteiger partial charge in [-0.1, -0.05) is 18.3 Å². The summed E-state index contributed by atoms with van der Waals surface area (Å²) in [6, 6.07) is 2.35. The third kappa shape index (κ3) is 2.77. The fraction of sp³-hybridized carbons (Fsp3) is 0.500. The minimum atomic E-state index is 0.0242. The summed E-state index contributed by atoms with van der Waals surface area (Å²) in [6.45, 7) is 5.32. The zero-order valence-corrected chi connectivity index (χ0v) is 14.5. The Morgan fingerprint density at radius 3 is 2.91 bits per heavy atom. The van der Waals surface area contributed by atoms with Gasteiger partial charge in [-0.25, -0.2) is 0 Å². The normalized spacial score (nSPS) is 17.5. The second-order valence-electron chi connectivity index (χ2n) is 5.60. The molecule has 1 aliphatic heterocycles. The third-order valence-electron chi connectivity index (χ3n) is 4.33. The molecule has 6 heteroatoms. The van der Waals surface area contributed by atoms with Crippen molar-refractivity contribution in [2.24, 2.45) is 0 Å².